The Morgan fingerprint density at radius 3 is 2.64 bits per heavy atom. The van der Waals surface area contributed by atoms with Gasteiger partial charge in [0.05, 0.1) is 17.8 Å². The fourth-order valence-corrected chi connectivity index (χ4v) is 4.00. The summed E-state index contributed by atoms with van der Waals surface area (Å²) in [5, 5.41) is 14.3. The first-order chi connectivity index (χ1) is 13.6. The van der Waals surface area contributed by atoms with E-state index < -0.39 is 5.97 Å². The van der Waals surface area contributed by atoms with Crippen LogP contribution in [0.2, 0.25) is 0 Å². The summed E-state index contributed by atoms with van der Waals surface area (Å²) in [4.78, 5) is 26.2. The first kappa shape index (κ1) is 18.3. The molecule has 146 valence electrons. The third-order valence-electron chi connectivity index (χ3n) is 5.45. The molecule has 4 rings (SSSR count). The van der Waals surface area contributed by atoms with Gasteiger partial charge in [0.15, 0.2) is 0 Å². The van der Waals surface area contributed by atoms with Crippen molar-refractivity contribution in [1.29, 1.82) is 0 Å². The maximum atomic E-state index is 13.2. The van der Waals surface area contributed by atoms with E-state index in [4.69, 9.17) is 5.11 Å². The molecular formula is C21H24N4O3. The van der Waals surface area contributed by atoms with Crippen LogP contribution in [0.25, 0.3) is 10.9 Å². The lowest BCUT2D eigenvalue weighted by molar-refractivity contribution is 0.0678. The van der Waals surface area contributed by atoms with E-state index in [1.165, 1.54) is 6.20 Å². The minimum Gasteiger partial charge on any atom is -0.478 e. The summed E-state index contributed by atoms with van der Waals surface area (Å²) >= 11 is 0. The van der Waals surface area contributed by atoms with Crippen LogP contribution < -0.4 is 0 Å². The fourth-order valence-electron chi connectivity index (χ4n) is 4.00. The van der Waals surface area contributed by atoms with Crippen molar-refractivity contribution in [2.45, 2.75) is 38.8 Å². The Kier molecular flexibility index (Phi) is 4.90. The molecule has 0 radical (unpaired) electrons. The predicted molar refractivity (Wildman–Crippen MR) is 106 cm³/mol. The van der Waals surface area contributed by atoms with E-state index >= 15 is 0 Å². The SMILES string of the molecule is CCCn1c(C(=O)N2CCC(n3cc(C(=O)O)cn3)CC2)cc2ccccc21. The number of carboxylic acids is 1. The average Bonchev–Trinajstić information content (AvgIpc) is 3.34. The molecule has 7 nitrogen and oxygen atoms in total. The Bertz CT molecular complexity index is 1010. The van der Waals surface area contributed by atoms with Crippen LogP contribution in [0.15, 0.2) is 42.7 Å². The van der Waals surface area contributed by atoms with E-state index in [-0.39, 0.29) is 17.5 Å². The molecule has 0 saturated carbocycles. The number of piperidine rings is 1. The van der Waals surface area contributed by atoms with Crippen molar-refractivity contribution < 1.29 is 14.7 Å². The molecule has 1 aliphatic heterocycles. The number of aryl methyl sites for hydroxylation is 1. The number of likely N-dealkylation sites (tertiary alicyclic amines) is 1. The Balaban J connectivity index is 1.50. The van der Waals surface area contributed by atoms with Crippen LogP contribution in [0.4, 0.5) is 0 Å². The number of carbonyl (C=O) groups excluding carboxylic acids is 1. The molecular weight excluding hydrogens is 356 g/mol. The van der Waals surface area contributed by atoms with Crippen molar-refractivity contribution in [3.05, 3.63) is 54.0 Å². The molecule has 0 aliphatic carbocycles. The Labute approximate surface area is 163 Å². The summed E-state index contributed by atoms with van der Waals surface area (Å²) in [6, 6.07) is 10.2. The number of para-hydroxylation sites is 1. The summed E-state index contributed by atoms with van der Waals surface area (Å²) < 4.78 is 3.84. The third-order valence-corrected chi connectivity index (χ3v) is 5.45. The number of hydrogen-bond donors (Lipinski definition) is 1. The molecule has 0 bridgehead atoms. The van der Waals surface area contributed by atoms with E-state index in [1.807, 2.05) is 29.2 Å². The second-order valence-electron chi connectivity index (χ2n) is 7.28. The lowest BCUT2D eigenvalue weighted by Crippen LogP contribution is -2.40. The van der Waals surface area contributed by atoms with Crippen molar-refractivity contribution in [1.82, 2.24) is 19.2 Å². The first-order valence-corrected chi connectivity index (χ1v) is 9.73. The normalized spacial score (nSPS) is 15.2. The molecule has 0 unspecified atom stereocenters. The Hall–Kier alpha value is -3.09. The highest BCUT2D eigenvalue weighted by molar-refractivity contribution is 5.98. The van der Waals surface area contributed by atoms with Crippen LogP contribution in [0, 0.1) is 0 Å². The number of fused-ring (bicyclic) bond motifs is 1. The summed E-state index contributed by atoms with van der Waals surface area (Å²) in [5.74, 6) is -0.905. The lowest BCUT2D eigenvalue weighted by Gasteiger charge is -2.32. The number of rotatable bonds is 5. The molecule has 3 aromatic rings. The van der Waals surface area contributed by atoms with Gasteiger partial charge in [-0.15, -0.1) is 0 Å². The summed E-state index contributed by atoms with van der Waals surface area (Å²) in [5.41, 5.74) is 2.04. The standard InChI is InChI=1S/C21H24N4O3/c1-2-9-24-18-6-4-3-5-15(18)12-19(24)20(26)23-10-7-17(8-11-23)25-14-16(13-22-25)21(27)28/h3-6,12-14,17H,2,7-11H2,1H3,(H,27,28). The Morgan fingerprint density at radius 2 is 1.96 bits per heavy atom. The van der Waals surface area contributed by atoms with Crippen molar-refractivity contribution >= 4 is 22.8 Å². The number of benzene rings is 1. The Morgan fingerprint density at radius 1 is 1.21 bits per heavy atom. The highest BCUT2D eigenvalue weighted by Gasteiger charge is 2.27. The molecule has 0 atom stereocenters. The molecule has 7 heteroatoms. The van der Waals surface area contributed by atoms with E-state index in [1.54, 1.807) is 10.9 Å². The summed E-state index contributed by atoms with van der Waals surface area (Å²) in [7, 11) is 0. The van der Waals surface area contributed by atoms with Gasteiger partial charge in [-0.25, -0.2) is 4.79 Å². The number of hydrogen-bond acceptors (Lipinski definition) is 3. The zero-order valence-electron chi connectivity index (χ0n) is 15.9. The number of carbonyl (C=O) groups is 2. The fraction of sp³-hybridized carbons (Fsp3) is 0.381. The highest BCUT2D eigenvalue weighted by Crippen LogP contribution is 2.26. The number of aromatic carboxylic acids is 1. The second-order valence-corrected chi connectivity index (χ2v) is 7.28. The van der Waals surface area contributed by atoms with E-state index in [0.717, 1.165) is 42.4 Å². The van der Waals surface area contributed by atoms with E-state index in [0.29, 0.717) is 13.1 Å². The van der Waals surface area contributed by atoms with Gasteiger partial charge < -0.3 is 14.6 Å². The monoisotopic (exact) mass is 380 g/mol. The largest absolute Gasteiger partial charge is 0.478 e. The van der Waals surface area contributed by atoms with Gasteiger partial charge in [0.25, 0.3) is 5.91 Å². The molecule has 1 saturated heterocycles. The predicted octanol–water partition coefficient (Wildman–Crippen LogP) is 3.42. The van der Waals surface area contributed by atoms with Crippen LogP contribution in [0.1, 0.15) is 53.1 Å². The van der Waals surface area contributed by atoms with E-state index in [2.05, 4.69) is 22.7 Å². The zero-order valence-corrected chi connectivity index (χ0v) is 15.9. The minimum atomic E-state index is -0.970. The highest BCUT2D eigenvalue weighted by atomic mass is 16.4. The van der Waals surface area contributed by atoms with Crippen molar-refractivity contribution in [3.8, 4) is 0 Å². The molecule has 2 aromatic heterocycles. The molecule has 1 N–H and O–H groups in total. The number of amides is 1. The molecule has 0 spiro atoms. The zero-order chi connectivity index (χ0) is 19.7. The quantitative estimate of drug-likeness (QED) is 0.735. The first-order valence-electron chi connectivity index (χ1n) is 9.73. The average molecular weight is 380 g/mol. The van der Waals surface area contributed by atoms with Crippen molar-refractivity contribution in [3.63, 3.8) is 0 Å². The molecule has 1 aromatic carbocycles. The van der Waals surface area contributed by atoms with Gasteiger partial charge in [-0.2, -0.15) is 5.10 Å². The van der Waals surface area contributed by atoms with Gasteiger partial charge in [-0.1, -0.05) is 25.1 Å². The number of carboxylic acid groups (broad SMARTS) is 1. The van der Waals surface area contributed by atoms with Crippen LogP contribution in [-0.4, -0.2) is 49.3 Å². The molecule has 1 amide bonds. The van der Waals surface area contributed by atoms with Gasteiger partial charge in [0.2, 0.25) is 0 Å². The topological polar surface area (TPSA) is 80.4 Å². The van der Waals surface area contributed by atoms with Crippen LogP contribution in [0.3, 0.4) is 0 Å². The molecule has 3 heterocycles. The maximum absolute atomic E-state index is 13.2. The number of nitrogens with zero attached hydrogens (tertiary/aromatic N) is 4. The molecule has 1 aliphatic rings. The van der Waals surface area contributed by atoms with Gasteiger partial charge in [-0.3, -0.25) is 9.48 Å². The van der Waals surface area contributed by atoms with Crippen molar-refractivity contribution in [2.75, 3.05) is 13.1 Å². The maximum Gasteiger partial charge on any atom is 0.338 e. The molecule has 1 fully saturated rings. The van der Waals surface area contributed by atoms with E-state index in [9.17, 15) is 9.59 Å². The lowest BCUT2D eigenvalue weighted by atomic mass is 10.0. The number of aromatic nitrogens is 3. The third kappa shape index (κ3) is 3.28. The van der Waals surface area contributed by atoms with Gasteiger partial charge >= 0.3 is 5.97 Å². The van der Waals surface area contributed by atoms with Gasteiger partial charge in [0, 0.05) is 36.7 Å². The summed E-state index contributed by atoms with van der Waals surface area (Å²) in [6.45, 7) is 4.21. The van der Waals surface area contributed by atoms with Crippen LogP contribution in [0.5, 0.6) is 0 Å². The van der Waals surface area contributed by atoms with Gasteiger partial charge in [0.1, 0.15) is 5.69 Å². The van der Waals surface area contributed by atoms with Gasteiger partial charge in [-0.05, 0) is 31.4 Å². The van der Waals surface area contributed by atoms with Crippen molar-refractivity contribution in [2.24, 2.45) is 0 Å². The minimum absolute atomic E-state index is 0.0646. The smallest absolute Gasteiger partial charge is 0.338 e. The van der Waals surface area contributed by atoms with Crippen LogP contribution >= 0.6 is 0 Å². The van der Waals surface area contributed by atoms with Crippen LogP contribution in [-0.2, 0) is 6.54 Å². The second kappa shape index (κ2) is 7.50. The summed E-state index contributed by atoms with van der Waals surface area (Å²) in [6.07, 6.45) is 5.44. The molecule has 28 heavy (non-hydrogen) atoms.